The Balaban J connectivity index is 2.34. The monoisotopic (exact) mass is 324 g/mol. The molecule has 1 heterocycles. The van der Waals surface area contributed by atoms with Gasteiger partial charge in [-0.2, -0.15) is 0 Å². The van der Waals surface area contributed by atoms with Crippen molar-refractivity contribution in [3.8, 4) is 0 Å². The zero-order chi connectivity index (χ0) is 15.5. The molecule has 110 valence electrons. The van der Waals surface area contributed by atoms with Gasteiger partial charge in [0.15, 0.2) is 0 Å². The van der Waals surface area contributed by atoms with Crippen molar-refractivity contribution in [3.63, 3.8) is 0 Å². The average Bonchev–Trinajstić information content (AvgIpc) is 2.44. The number of nitrogens with zero attached hydrogens (tertiary/aromatic N) is 1. The van der Waals surface area contributed by atoms with Gasteiger partial charge in [-0.1, -0.05) is 24.3 Å². The first-order chi connectivity index (χ1) is 9.94. The summed E-state index contributed by atoms with van der Waals surface area (Å²) in [5.41, 5.74) is 0.663. The van der Waals surface area contributed by atoms with E-state index in [-0.39, 0.29) is 6.61 Å². The van der Waals surface area contributed by atoms with Gasteiger partial charge in [-0.05, 0) is 30.1 Å². The van der Waals surface area contributed by atoms with Crippen molar-refractivity contribution >= 4 is 44.2 Å². The van der Waals surface area contributed by atoms with Crippen molar-refractivity contribution in [1.29, 1.82) is 0 Å². The zero-order valence-corrected chi connectivity index (χ0v) is 12.6. The third-order valence-electron chi connectivity index (χ3n) is 2.62. The first-order valence-corrected chi connectivity index (χ1v) is 8.01. The fourth-order valence-electron chi connectivity index (χ4n) is 1.65. The van der Waals surface area contributed by atoms with Crippen molar-refractivity contribution < 1.29 is 13.7 Å². The lowest BCUT2D eigenvalue weighted by atomic mass is 10.2. The molecule has 0 spiro atoms. The molecule has 5 nitrogen and oxygen atoms in total. The maximum atomic E-state index is 12.5. The predicted octanol–water partition coefficient (Wildman–Crippen LogP) is 2.79. The minimum atomic E-state index is -3.04. The molecular formula is C14H13ClN2O3S. The number of benzene rings is 1. The summed E-state index contributed by atoms with van der Waals surface area (Å²) < 4.78 is 19.5. The largest absolute Gasteiger partial charge is 0.445 e. The quantitative estimate of drug-likeness (QED) is 0.693. The van der Waals surface area contributed by atoms with Gasteiger partial charge in [-0.25, -0.2) is 13.7 Å². The topological polar surface area (TPSA) is 68.3 Å². The summed E-state index contributed by atoms with van der Waals surface area (Å²) in [4.78, 5) is 16.0. The van der Waals surface area contributed by atoms with E-state index in [0.29, 0.717) is 20.8 Å². The molecular weight excluding hydrogens is 312 g/mol. The predicted molar refractivity (Wildman–Crippen MR) is 85.0 cm³/mol. The highest BCUT2D eigenvalue weighted by molar-refractivity contribution is 7.99. The first kappa shape index (κ1) is 15.3. The van der Waals surface area contributed by atoms with Crippen molar-refractivity contribution in [2.45, 2.75) is 4.90 Å². The van der Waals surface area contributed by atoms with Crippen molar-refractivity contribution in [3.05, 3.63) is 48.1 Å². The number of ether oxygens (including phenoxy) is 1. The van der Waals surface area contributed by atoms with Crippen LogP contribution in [-0.2, 0) is 14.4 Å². The van der Waals surface area contributed by atoms with E-state index in [0.717, 1.165) is 0 Å². The maximum absolute atomic E-state index is 12.5. The summed E-state index contributed by atoms with van der Waals surface area (Å²) in [7, 11) is -3.04. The third-order valence-corrected chi connectivity index (χ3v) is 4.46. The van der Waals surface area contributed by atoms with Crippen LogP contribution < -0.4 is 4.72 Å². The van der Waals surface area contributed by atoms with E-state index in [4.69, 9.17) is 16.3 Å². The van der Waals surface area contributed by atoms with Crippen LogP contribution in [0.3, 0.4) is 0 Å². The van der Waals surface area contributed by atoms with E-state index in [1.165, 1.54) is 6.08 Å². The molecule has 7 heteroatoms. The minimum absolute atomic E-state index is 0.0226. The number of hydrogen-bond donors (Lipinski definition) is 1. The van der Waals surface area contributed by atoms with Crippen LogP contribution in [0, 0.1) is 0 Å². The molecule has 1 unspecified atom stereocenters. The fraction of sp³-hybridized carbons (Fsp3) is 0.0714. The number of fused-ring (bicyclic) bond motifs is 1. The Bertz CT molecular complexity index is 803. The second-order valence-electron chi connectivity index (χ2n) is 4.14. The molecule has 1 amide bonds. The minimum Gasteiger partial charge on any atom is -0.445 e. The normalized spacial score (nSPS) is 13.4. The van der Waals surface area contributed by atoms with Crippen LogP contribution in [0.5, 0.6) is 0 Å². The molecule has 0 bridgehead atoms. The Morgan fingerprint density at radius 1 is 1.48 bits per heavy atom. The van der Waals surface area contributed by atoms with E-state index in [2.05, 4.69) is 22.2 Å². The lowest BCUT2D eigenvalue weighted by molar-refractivity contribution is 0.165. The van der Waals surface area contributed by atoms with Gasteiger partial charge in [0.05, 0.1) is 25.1 Å². The molecule has 2 aromatic rings. The standard InChI is InChI=1S/C14H13ClN2O3S/c1-3-8-20-14(18)17-21(2,19)10-4-5-13-11(9-10)12(15)6-7-16-13/h3-7,9H,1-2,8H2,(H,17,18,19). The molecule has 0 saturated heterocycles. The Hall–Kier alpha value is -2.05. The summed E-state index contributed by atoms with van der Waals surface area (Å²) in [5, 5.41) is 1.11. The Kier molecular flexibility index (Phi) is 4.50. The van der Waals surface area contributed by atoms with E-state index < -0.39 is 15.8 Å². The van der Waals surface area contributed by atoms with E-state index >= 15 is 0 Å². The lowest BCUT2D eigenvalue weighted by Crippen LogP contribution is -2.31. The van der Waals surface area contributed by atoms with Gasteiger partial charge in [0, 0.05) is 11.6 Å². The highest BCUT2D eigenvalue weighted by atomic mass is 35.5. The molecule has 1 atom stereocenters. The molecule has 1 aromatic heterocycles. The maximum Gasteiger partial charge on any atom is 0.419 e. The fourth-order valence-corrected chi connectivity index (χ4v) is 2.90. The summed E-state index contributed by atoms with van der Waals surface area (Å²) in [6.45, 7) is 3.44. The Morgan fingerprint density at radius 2 is 2.24 bits per heavy atom. The number of nitrogens with one attached hydrogen (secondary N) is 1. The molecule has 0 fully saturated rings. The van der Waals surface area contributed by atoms with Gasteiger partial charge < -0.3 is 4.74 Å². The number of pyridine rings is 1. The summed E-state index contributed by atoms with van der Waals surface area (Å²) in [5.74, 6) is 3.55. The van der Waals surface area contributed by atoms with Gasteiger partial charge >= 0.3 is 6.09 Å². The second-order valence-corrected chi connectivity index (χ2v) is 6.57. The van der Waals surface area contributed by atoms with Gasteiger partial charge in [0.1, 0.15) is 6.61 Å². The van der Waals surface area contributed by atoms with Crippen LogP contribution in [0.1, 0.15) is 0 Å². The van der Waals surface area contributed by atoms with E-state index in [9.17, 15) is 9.00 Å². The lowest BCUT2D eigenvalue weighted by Gasteiger charge is -2.12. The van der Waals surface area contributed by atoms with E-state index in [1.54, 1.807) is 30.5 Å². The van der Waals surface area contributed by atoms with Crippen LogP contribution in [0.25, 0.3) is 10.9 Å². The number of aromatic nitrogens is 1. The zero-order valence-electron chi connectivity index (χ0n) is 11.0. The van der Waals surface area contributed by atoms with Gasteiger partial charge in [-0.15, -0.1) is 0 Å². The molecule has 0 aliphatic rings. The van der Waals surface area contributed by atoms with Crippen LogP contribution >= 0.6 is 11.6 Å². The van der Waals surface area contributed by atoms with Crippen LogP contribution in [0.15, 0.2) is 48.0 Å². The second kappa shape index (κ2) is 6.15. The van der Waals surface area contributed by atoms with Crippen molar-refractivity contribution in [2.24, 2.45) is 0 Å². The number of rotatable bonds is 4. The molecule has 1 aromatic carbocycles. The summed E-state index contributed by atoms with van der Waals surface area (Å²) in [6.07, 6.45) is 2.16. The molecule has 2 rings (SSSR count). The Morgan fingerprint density at radius 3 is 2.95 bits per heavy atom. The number of carbonyl (C=O) groups excluding carboxylic acids is 1. The molecule has 0 radical (unpaired) electrons. The van der Waals surface area contributed by atoms with Crippen LogP contribution in [-0.4, -0.2) is 27.8 Å². The van der Waals surface area contributed by atoms with Gasteiger partial charge in [0.25, 0.3) is 0 Å². The van der Waals surface area contributed by atoms with Gasteiger partial charge in [-0.3, -0.25) is 4.98 Å². The molecule has 0 aliphatic carbocycles. The number of amides is 1. The van der Waals surface area contributed by atoms with Crippen LogP contribution in [0.4, 0.5) is 4.79 Å². The highest BCUT2D eigenvalue weighted by Gasteiger charge is 2.14. The number of carbonyl (C=O) groups is 1. The Labute approximate surface area is 127 Å². The molecule has 21 heavy (non-hydrogen) atoms. The highest BCUT2D eigenvalue weighted by Crippen LogP contribution is 2.24. The molecule has 0 aliphatic heterocycles. The summed E-state index contributed by atoms with van der Waals surface area (Å²) >= 11 is 6.08. The molecule has 0 saturated carbocycles. The van der Waals surface area contributed by atoms with E-state index in [1.807, 2.05) is 0 Å². The van der Waals surface area contributed by atoms with Crippen LogP contribution in [0.2, 0.25) is 5.02 Å². The molecule has 1 N–H and O–H groups in total. The SMILES string of the molecule is C=CCOC(=O)NS(=C)(=O)c1ccc2nccc(Cl)c2c1. The smallest absolute Gasteiger partial charge is 0.419 e. The summed E-state index contributed by atoms with van der Waals surface area (Å²) in [6, 6.07) is 6.46. The first-order valence-electron chi connectivity index (χ1n) is 5.91. The van der Waals surface area contributed by atoms with Crippen molar-refractivity contribution in [2.75, 3.05) is 6.61 Å². The number of hydrogen-bond acceptors (Lipinski definition) is 4. The average molecular weight is 325 g/mol. The number of halogens is 1. The van der Waals surface area contributed by atoms with Gasteiger partial charge in [0.2, 0.25) is 0 Å². The van der Waals surface area contributed by atoms with Crippen molar-refractivity contribution in [1.82, 2.24) is 9.71 Å². The third kappa shape index (κ3) is 3.53.